The average Bonchev–Trinajstić information content (AvgIpc) is 2.77. The molecule has 17 heavy (non-hydrogen) atoms. The predicted octanol–water partition coefficient (Wildman–Crippen LogP) is 3.88. The lowest BCUT2D eigenvalue weighted by Gasteiger charge is -2.13. The lowest BCUT2D eigenvalue weighted by molar-refractivity contribution is 0.547. The van der Waals surface area contributed by atoms with Crippen LogP contribution in [-0.4, -0.2) is 0 Å². The molecule has 1 aromatic carbocycles. The van der Waals surface area contributed by atoms with Crippen molar-refractivity contribution in [2.24, 2.45) is 0 Å². The van der Waals surface area contributed by atoms with Crippen LogP contribution in [0.15, 0.2) is 35.7 Å². The maximum atomic E-state index is 13.0. The molecule has 0 fully saturated rings. The molecule has 1 unspecified atom stereocenters. The Morgan fingerprint density at radius 1 is 1.24 bits per heavy atom. The van der Waals surface area contributed by atoms with Crippen LogP contribution < -0.4 is 5.32 Å². The zero-order chi connectivity index (χ0) is 12.3. The molecule has 1 aromatic heterocycles. The van der Waals surface area contributed by atoms with Gasteiger partial charge in [-0.05, 0) is 36.1 Å². The van der Waals surface area contributed by atoms with Crippen LogP contribution in [-0.2, 0) is 6.54 Å². The van der Waals surface area contributed by atoms with Crippen molar-refractivity contribution >= 4 is 11.3 Å². The van der Waals surface area contributed by atoms with Gasteiger partial charge >= 0.3 is 0 Å². The van der Waals surface area contributed by atoms with Gasteiger partial charge in [-0.3, -0.25) is 0 Å². The number of benzene rings is 1. The maximum Gasteiger partial charge on any atom is 0.126 e. The largest absolute Gasteiger partial charge is 0.305 e. The van der Waals surface area contributed by atoms with E-state index in [0.29, 0.717) is 12.1 Å². The molecule has 1 atom stereocenters. The summed E-state index contributed by atoms with van der Waals surface area (Å²) < 4.78 is 26.1. The molecule has 0 bridgehead atoms. The third-order valence-corrected chi connectivity index (χ3v) is 3.42. The molecule has 2 aromatic rings. The fraction of sp³-hybridized carbons (Fsp3) is 0.231. The third kappa shape index (κ3) is 3.35. The normalized spacial score (nSPS) is 12.6. The van der Waals surface area contributed by atoms with E-state index in [2.05, 4.69) is 5.32 Å². The van der Waals surface area contributed by atoms with E-state index < -0.39 is 11.6 Å². The first-order valence-corrected chi connectivity index (χ1v) is 6.25. The highest BCUT2D eigenvalue weighted by atomic mass is 32.1. The minimum Gasteiger partial charge on any atom is -0.305 e. The van der Waals surface area contributed by atoms with Crippen molar-refractivity contribution in [1.29, 1.82) is 0 Å². The van der Waals surface area contributed by atoms with E-state index in [1.165, 1.54) is 17.0 Å². The highest BCUT2D eigenvalue weighted by Gasteiger charge is 2.08. The Hall–Kier alpha value is -1.26. The average molecular weight is 253 g/mol. The van der Waals surface area contributed by atoms with Crippen LogP contribution in [0.2, 0.25) is 0 Å². The summed E-state index contributed by atoms with van der Waals surface area (Å²) in [6.07, 6.45) is 0. The van der Waals surface area contributed by atoms with Crippen LogP contribution in [0.25, 0.3) is 0 Å². The van der Waals surface area contributed by atoms with Crippen LogP contribution in [0.3, 0.4) is 0 Å². The lowest BCUT2D eigenvalue weighted by atomic mass is 10.1. The Morgan fingerprint density at radius 2 is 1.94 bits per heavy atom. The summed E-state index contributed by atoms with van der Waals surface area (Å²) in [4.78, 5) is 1.20. The molecule has 0 amide bonds. The van der Waals surface area contributed by atoms with Crippen molar-refractivity contribution in [3.8, 4) is 0 Å². The second-order valence-electron chi connectivity index (χ2n) is 3.88. The van der Waals surface area contributed by atoms with Gasteiger partial charge < -0.3 is 5.32 Å². The molecule has 0 aliphatic rings. The molecule has 0 aliphatic carbocycles. The predicted molar refractivity (Wildman–Crippen MR) is 65.9 cm³/mol. The Balaban J connectivity index is 2.01. The van der Waals surface area contributed by atoms with Gasteiger partial charge in [-0.15, -0.1) is 11.3 Å². The van der Waals surface area contributed by atoms with E-state index >= 15 is 0 Å². The lowest BCUT2D eigenvalue weighted by Crippen LogP contribution is -2.17. The highest BCUT2D eigenvalue weighted by molar-refractivity contribution is 7.09. The monoisotopic (exact) mass is 253 g/mol. The van der Waals surface area contributed by atoms with Gasteiger partial charge in [-0.25, -0.2) is 8.78 Å². The van der Waals surface area contributed by atoms with Crippen molar-refractivity contribution < 1.29 is 8.78 Å². The summed E-state index contributed by atoms with van der Waals surface area (Å²) in [5.41, 5.74) is 0.624. The van der Waals surface area contributed by atoms with Gasteiger partial charge in [0.05, 0.1) is 0 Å². The number of thiophene rings is 1. The summed E-state index contributed by atoms with van der Waals surface area (Å²) in [7, 11) is 0. The summed E-state index contributed by atoms with van der Waals surface area (Å²) in [5.74, 6) is -1.07. The van der Waals surface area contributed by atoms with E-state index in [1.54, 1.807) is 11.3 Å². The van der Waals surface area contributed by atoms with E-state index in [-0.39, 0.29) is 6.04 Å². The van der Waals surface area contributed by atoms with Crippen LogP contribution in [0.4, 0.5) is 8.78 Å². The van der Waals surface area contributed by atoms with E-state index in [1.807, 2.05) is 24.4 Å². The number of nitrogens with one attached hydrogen (secondary N) is 1. The first-order valence-electron chi connectivity index (χ1n) is 5.37. The molecular weight excluding hydrogens is 240 g/mol. The highest BCUT2D eigenvalue weighted by Crippen LogP contribution is 2.17. The molecule has 1 N–H and O–H groups in total. The molecule has 90 valence electrons. The molecule has 0 aliphatic heterocycles. The third-order valence-electron chi connectivity index (χ3n) is 2.55. The van der Waals surface area contributed by atoms with E-state index in [4.69, 9.17) is 0 Å². The second-order valence-corrected chi connectivity index (χ2v) is 4.92. The van der Waals surface area contributed by atoms with Crippen molar-refractivity contribution in [1.82, 2.24) is 5.32 Å². The van der Waals surface area contributed by atoms with Crippen LogP contribution in [0.5, 0.6) is 0 Å². The summed E-state index contributed by atoms with van der Waals surface area (Å²) in [6, 6.07) is 7.52. The van der Waals surface area contributed by atoms with Gasteiger partial charge in [0.2, 0.25) is 0 Å². The fourth-order valence-corrected chi connectivity index (χ4v) is 2.27. The number of halogens is 2. The molecule has 1 heterocycles. The van der Waals surface area contributed by atoms with Gasteiger partial charge in [0, 0.05) is 23.5 Å². The molecule has 4 heteroatoms. The van der Waals surface area contributed by atoms with Gasteiger partial charge in [0.1, 0.15) is 11.6 Å². The second kappa shape index (κ2) is 5.38. The first-order chi connectivity index (χ1) is 8.15. The number of hydrogen-bond donors (Lipinski definition) is 1. The van der Waals surface area contributed by atoms with E-state index in [0.717, 1.165) is 6.07 Å². The van der Waals surface area contributed by atoms with Crippen LogP contribution >= 0.6 is 11.3 Å². The Bertz CT molecular complexity index is 462. The minimum absolute atomic E-state index is 0.0812. The Labute approximate surface area is 103 Å². The SMILES string of the molecule is CC(NCc1cccs1)c1cc(F)cc(F)c1. The maximum absolute atomic E-state index is 13.0. The van der Waals surface area contributed by atoms with Crippen molar-refractivity contribution in [2.45, 2.75) is 19.5 Å². The summed E-state index contributed by atoms with van der Waals surface area (Å²) in [6.45, 7) is 2.60. The van der Waals surface area contributed by atoms with Crippen molar-refractivity contribution in [3.63, 3.8) is 0 Å². The molecule has 2 rings (SSSR count). The van der Waals surface area contributed by atoms with E-state index in [9.17, 15) is 8.78 Å². The smallest absolute Gasteiger partial charge is 0.126 e. The van der Waals surface area contributed by atoms with Gasteiger partial charge in [0.15, 0.2) is 0 Å². The topological polar surface area (TPSA) is 12.0 Å². The number of hydrogen-bond acceptors (Lipinski definition) is 2. The quantitative estimate of drug-likeness (QED) is 0.872. The molecule has 0 radical (unpaired) electrons. The molecule has 0 saturated carbocycles. The van der Waals surface area contributed by atoms with Crippen LogP contribution in [0, 0.1) is 11.6 Å². The van der Waals surface area contributed by atoms with Gasteiger partial charge in [-0.2, -0.15) is 0 Å². The summed E-state index contributed by atoms with van der Waals surface area (Å²) >= 11 is 1.66. The van der Waals surface area contributed by atoms with Crippen LogP contribution in [0.1, 0.15) is 23.4 Å². The zero-order valence-corrected chi connectivity index (χ0v) is 10.2. The standard InChI is InChI=1S/C13H13F2NS/c1-9(16-8-13-3-2-4-17-13)10-5-11(14)7-12(15)6-10/h2-7,9,16H,8H2,1H3. The molecule has 1 nitrogen and oxygen atoms in total. The molecular formula is C13H13F2NS. The Morgan fingerprint density at radius 3 is 2.53 bits per heavy atom. The molecule has 0 spiro atoms. The minimum atomic E-state index is -0.537. The summed E-state index contributed by atoms with van der Waals surface area (Å²) in [5, 5.41) is 5.24. The van der Waals surface area contributed by atoms with Crippen molar-refractivity contribution in [2.75, 3.05) is 0 Å². The first kappa shape index (κ1) is 12.2. The number of rotatable bonds is 4. The zero-order valence-electron chi connectivity index (χ0n) is 9.41. The van der Waals surface area contributed by atoms with Gasteiger partial charge in [-0.1, -0.05) is 6.07 Å². The van der Waals surface area contributed by atoms with Crippen molar-refractivity contribution in [3.05, 3.63) is 57.8 Å². The Kier molecular flexibility index (Phi) is 3.86. The molecule has 0 saturated heterocycles. The fourth-order valence-electron chi connectivity index (χ4n) is 1.61. The van der Waals surface area contributed by atoms with Gasteiger partial charge in [0.25, 0.3) is 0 Å².